The highest BCUT2D eigenvalue weighted by Crippen LogP contribution is 2.20. The first kappa shape index (κ1) is 13.6. The van der Waals surface area contributed by atoms with E-state index in [2.05, 4.69) is 34.3 Å². The summed E-state index contributed by atoms with van der Waals surface area (Å²) in [6.45, 7) is 9.28. The van der Waals surface area contributed by atoms with Crippen LogP contribution < -0.4 is 5.32 Å². The van der Waals surface area contributed by atoms with E-state index >= 15 is 0 Å². The predicted molar refractivity (Wildman–Crippen MR) is 74.3 cm³/mol. The summed E-state index contributed by atoms with van der Waals surface area (Å²) in [6.07, 6.45) is 5.78. The molecule has 0 saturated carbocycles. The molecule has 18 heavy (non-hydrogen) atoms. The average Bonchev–Trinajstić information content (AvgIpc) is 2.90. The summed E-state index contributed by atoms with van der Waals surface area (Å²) in [7, 11) is 0. The third-order valence-corrected chi connectivity index (χ3v) is 3.96. The third kappa shape index (κ3) is 3.82. The zero-order valence-corrected chi connectivity index (χ0v) is 11.7. The number of hydrogen-bond acceptors (Lipinski definition) is 3. The van der Waals surface area contributed by atoms with Crippen LogP contribution in [0.5, 0.6) is 0 Å². The zero-order chi connectivity index (χ0) is 12.8. The molecule has 1 fully saturated rings. The Morgan fingerprint density at radius 2 is 2.50 bits per heavy atom. The normalized spacial score (nSPS) is 23.1. The molecule has 2 unspecified atom stereocenters. The molecule has 1 saturated heterocycles. The highest BCUT2D eigenvalue weighted by atomic mass is 15.1. The first-order valence-corrected chi connectivity index (χ1v) is 7.23. The lowest BCUT2D eigenvalue weighted by Gasteiger charge is -2.36. The van der Waals surface area contributed by atoms with Crippen molar-refractivity contribution in [3.63, 3.8) is 0 Å². The van der Waals surface area contributed by atoms with E-state index in [0.717, 1.165) is 12.5 Å². The van der Waals surface area contributed by atoms with Crippen molar-refractivity contribution in [2.75, 3.05) is 19.6 Å². The molecule has 1 aromatic rings. The summed E-state index contributed by atoms with van der Waals surface area (Å²) in [4.78, 5) is 2.61. The van der Waals surface area contributed by atoms with E-state index in [1.807, 2.05) is 12.3 Å². The summed E-state index contributed by atoms with van der Waals surface area (Å²) in [5, 5.41) is 10.6. The van der Waals surface area contributed by atoms with Gasteiger partial charge in [-0.15, -0.1) is 0 Å². The van der Waals surface area contributed by atoms with Gasteiger partial charge in [-0.3, -0.25) is 5.10 Å². The van der Waals surface area contributed by atoms with Crippen LogP contribution in [0.15, 0.2) is 12.3 Å². The number of rotatable bonds is 6. The van der Waals surface area contributed by atoms with Crippen molar-refractivity contribution in [1.82, 2.24) is 20.4 Å². The van der Waals surface area contributed by atoms with E-state index in [1.54, 1.807) is 0 Å². The van der Waals surface area contributed by atoms with Crippen molar-refractivity contribution in [2.24, 2.45) is 5.92 Å². The van der Waals surface area contributed by atoms with Crippen molar-refractivity contribution < 1.29 is 0 Å². The molecule has 0 amide bonds. The molecule has 2 atom stereocenters. The minimum Gasteiger partial charge on any atom is -0.308 e. The van der Waals surface area contributed by atoms with E-state index in [-0.39, 0.29) is 0 Å². The van der Waals surface area contributed by atoms with Gasteiger partial charge in [0.1, 0.15) is 0 Å². The lowest BCUT2D eigenvalue weighted by Crippen LogP contribution is -2.44. The SMILES string of the molecule is CCCN1CCCC(C(C)NCc2ccn[nH]2)C1. The van der Waals surface area contributed by atoms with Gasteiger partial charge in [-0.05, 0) is 51.3 Å². The zero-order valence-electron chi connectivity index (χ0n) is 11.7. The summed E-state index contributed by atoms with van der Waals surface area (Å²) in [5.74, 6) is 0.785. The fourth-order valence-corrected chi connectivity index (χ4v) is 2.84. The predicted octanol–water partition coefficient (Wildman–Crippen LogP) is 2.01. The summed E-state index contributed by atoms with van der Waals surface area (Å²) in [6, 6.07) is 2.61. The van der Waals surface area contributed by atoms with E-state index in [1.165, 1.54) is 44.6 Å². The quantitative estimate of drug-likeness (QED) is 0.812. The maximum Gasteiger partial charge on any atom is 0.0490 e. The first-order valence-electron chi connectivity index (χ1n) is 7.23. The Labute approximate surface area is 110 Å². The van der Waals surface area contributed by atoms with Crippen molar-refractivity contribution in [3.05, 3.63) is 18.0 Å². The minimum atomic E-state index is 0.577. The van der Waals surface area contributed by atoms with Crippen LogP contribution in [0.1, 0.15) is 38.8 Å². The number of piperidine rings is 1. The lowest BCUT2D eigenvalue weighted by atomic mass is 9.91. The number of hydrogen-bond donors (Lipinski definition) is 2. The van der Waals surface area contributed by atoms with Gasteiger partial charge < -0.3 is 10.2 Å². The van der Waals surface area contributed by atoms with E-state index in [9.17, 15) is 0 Å². The molecule has 2 rings (SSSR count). The van der Waals surface area contributed by atoms with E-state index < -0.39 is 0 Å². The minimum absolute atomic E-state index is 0.577. The van der Waals surface area contributed by atoms with Crippen LogP contribution in [0.2, 0.25) is 0 Å². The number of likely N-dealkylation sites (tertiary alicyclic amines) is 1. The second-order valence-electron chi connectivity index (χ2n) is 5.45. The topological polar surface area (TPSA) is 44.0 Å². The fourth-order valence-electron chi connectivity index (χ4n) is 2.84. The second-order valence-corrected chi connectivity index (χ2v) is 5.45. The van der Waals surface area contributed by atoms with Crippen LogP contribution in [-0.4, -0.2) is 40.8 Å². The first-order chi connectivity index (χ1) is 8.79. The van der Waals surface area contributed by atoms with Crippen LogP contribution in [0.3, 0.4) is 0 Å². The van der Waals surface area contributed by atoms with Crippen LogP contribution in [0, 0.1) is 5.92 Å². The van der Waals surface area contributed by atoms with Gasteiger partial charge in [0, 0.05) is 31.0 Å². The highest BCUT2D eigenvalue weighted by molar-refractivity contribution is 4.97. The molecule has 4 heteroatoms. The fraction of sp³-hybridized carbons (Fsp3) is 0.786. The van der Waals surface area contributed by atoms with Gasteiger partial charge in [0.2, 0.25) is 0 Å². The highest BCUT2D eigenvalue weighted by Gasteiger charge is 2.23. The number of aromatic amines is 1. The second kappa shape index (κ2) is 6.90. The monoisotopic (exact) mass is 250 g/mol. The van der Waals surface area contributed by atoms with E-state index in [0.29, 0.717) is 6.04 Å². The molecule has 1 aromatic heterocycles. The van der Waals surface area contributed by atoms with Gasteiger partial charge in [0.05, 0.1) is 0 Å². The Kier molecular flexibility index (Phi) is 5.20. The molecular weight excluding hydrogens is 224 g/mol. The summed E-state index contributed by atoms with van der Waals surface area (Å²) < 4.78 is 0. The maximum atomic E-state index is 3.98. The number of aromatic nitrogens is 2. The van der Waals surface area contributed by atoms with Gasteiger partial charge in [0.15, 0.2) is 0 Å². The van der Waals surface area contributed by atoms with Gasteiger partial charge in [-0.1, -0.05) is 6.92 Å². The third-order valence-electron chi connectivity index (χ3n) is 3.96. The van der Waals surface area contributed by atoms with Crippen molar-refractivity contribution >= 4 is 0 Å². The standard InChI is InChI=1S/C14H26N4/c1-3-8-18-9-4-5-13(11-18)12(2)15-10-14-6-7-16-17-14/h6-7,12-13,15H,3-5,8-11H2,1-2H3,(H,16,17). The summed E-state index contributed by atoms with van der Waals surface area (Å²) >= 11 is 0. The Morgan fingerprint density at radius 3 is 3.22 bits per heavy atom. The molecule has 0 aliphatic carbocycles. The lowest BCUT2D eigenvalue weighted by molar-refractivity contribution is 0.150. The van der Waals surface area contributed by atoms with Crippen LogP contribution in [-0.2, 0) is 6.54 Å². The molecule has 1 aliphatic rings. The summed E-state index contributed by atoms with van der Waals surface area (Å²) in [5.41, 5.74) is 1.17. The molecule has 0 spiro atoms. The molecule has 0 radical (unpaired) electrons. The van der Waals surface area contributed by atoms with Crippen LogP contribution in [0.25, 0.3) is 0 Å². The smallest absolute Gasteiger partial charge is 0.0490 e. The maximum absolute atomic E-state index is 3.98. The molecule has 102 valence electrons. The molecule has 0 bridgehead atoms. The largest absolute Gasteiger partial charge is 0.308 e. The Hall–Kier alpha value is -0.870. The van der Waals surface area contributed by atoms with Crippen LogP contribution >= 0.6 is 0 Å². The Morgan fingerprint density at radius 1 is 1.61 bits per heavy atom. The Bertz CT molecular complexity index is 321. The molecule has 4 nitrogen and oxygen atoms in total. The Balaban J connectivity index is 1.75. The van der Waals surface area contributed by atoms with Gasteiger partial charge in [0.25, 0.3) is 0 Å². The molecular formula is C14H26N4. The van der Waals surface area contributed by atoms with Crippen molar-refractivity contribution in [3.8, 4) is 0 Å². The molecule has 2 heterocycles. The van der Waals surface area contributed by atoms with Gasteiger partial charge in [-0.2, -0.15) is 5.10 Å². The molecule has 2 N–H and O–H groups in total. The van der Waals surface area contributed by atoms with Crippen LogP contribution in [0.4, 0.5) is 0 Å². The average molecular weight is 250 g/mol. The van der Waals surface area contributed by atoms with Crippen molar-refractivity contribution in [2.45, 2.75) is 45.7 Å². The van der Waals surface area contributed by atoms with Crippen molar-refractivity contribution in [1.29, 1.82) is 0 Å². The van der Waals surface area contributed by atoms with E-state index in [4.69, 9.17) is 0 Å². The van der Waals surface area contributed by atoms with Gasteiger partial charge >= 0.3 is 0 Å². The van der Waals surface area contributed by atoms with Gasteiger partial charge in [-0.25, -0.2) is 0 Å². The number of nitrogens with zero attached hydrogens (tertiary/aromatic N) is 2. The number of H-pyrrole nitrogens is 1. The molecule has 1 aliphatic heterocycles. The number of nitrogens with one attached hydrogen (secondary N) is 2. The molecule has 0 aromatic carbocycles.